The molecule has 0 radical (unpaired) electrons. The van der Waals surface area contributed by atoms with Crippen molar-refractivity contribution >= 4 is 11.6 Å². The SMILES string of the molecule is Cc1ccc(NC(=O)c2ccc(COc3cc(C)ccc3C(C)C)o2)c(OC(F)F)c1. The van der Waals surface area contributed by atoms with Crippen molar-refractivity contribution in [3.05, 3.63) is 76.7 Å². The van der Waals surface area contributed by atoms with E-state index >= 15 is 0 Å². The highest BCUT2D eigenvalue weighted by molar-refractivity contribution is 6.03. The molecule has 1 N–H and O–H groups in total. The summed E-state index contributed by atoms with van der Waals surface area (Å²) in [7, 11) is 0. The molecule has 1 amide bonds. The maximum absolute atomic E-state index is 12.7. The van der Waals surface area contributed by atoms with Gasteiger partial charge in [-0.25, -0.2) is 0 Å². The van der Waals surface area contributed by atoms with Gasteiger partial charge in [0.2, 0.25) is 0 Å². The molecule has 5 nitrogen and oxygen atoms in total. The lowest BCUT2D eigenvalue weighted by molar-refractivity contribution is -0.0494. The quantitative estimate of drug-likeness (QED) is 0.447. The third kappa shape index (κ3) is 5.84. The summed E-state index contributed by atoms with van der Waals surface area (Å²) in [5, 5.41) is 2.55. The summed E-state index contributed by atoms with van der Waals surface area (Å²) in [6, 6.07) is 13.8. The van der Waals surface area contributed by atoms with Gasteiger partial charge in [-0.15, -0.1) is 0 Å². The number of nitrogens with one attached hydrogen (secondary N) is 1. The molecule has 0 saturated carbocycles. The van der Waals surface area contributed by atoms with Gasteiger partial charge >= 0.3 is 6.61 Å². The van der Waals surface area contributed by atoms with E-state index in [4.69, 9.17) is 9.15 Å². The molecule has 3 rings (SSSR count). The molecule has 164 valence electrons. The van der Waals surface area contributed by atoms with Crippen molar-refractivity contribution in [2.45, 2.75) is 46.8 Å². The maximum Gasteiger partial charge on any atom is 0.387 e. The highest BCUT2D eigenvalue weighted by Gasteiger charge is 2.17. The molecular formula is C24H25F2NO4. The van der Waals surface area contributed by atoms with E-state index < -0.39 is 12.5 Å². The second-order valence-corrected chi connectivity index (χ2v) is 7.58. The van der Waals surface area contributed by atoms with Crippen LogP contribution in [0.3, 0.4) is 0 Å². The molecule has 0 atom stereocenters. The Hall–Kier alpha value is -3.35. The maximum atomic E-state index is 12.7. The van der Waals surface area contributed by atoms with E-state index in [-0.39, 0.29) is 23.8 Å². The summed E-state index contributed by atoms with van der Waals surface area (Å²) in [5.41, 5.74) is 3.02. The molecule has 1 aromatic heterocycles. The molecule has 0 spiro atoms. The molecule has 1 heterocycles. The largest absolute Gasteiger partial charge is 0.485 e. The van der Waals surface area contributed by atoms with E-state index in [1.165, 1.54) is 18.2 Å². The van der Waals surface area contributed by atoms with Gasteiger partial charge in [0.25, 0.3) is 5.91 Å². The Bertz CT molecular complexity index is 1060. The van der Waals surface area contributed by atoms with Crippen molar-refractivity contribution in [3.8, 4) is 11.5 Å². The second kappa shape index (κ2) is 9.64. The lowest BCUT2D eigenvalue weighted by atomic mass is 10.0. The minimum Gasteiger partial charge on any atom is -0.485 e. The fourth-order valence-electron chi connectivity index (χ4n) is 3.08. The molecular weight excluding hydrogens is 404 g/mol. The van der Waals surface area contributed by atoms with Crippen LogP contribution in [0.5, 0.6) is 11.5 Å². The first-order chi connectivity index (χ1) is 14.7. The lowest BCUT2D eigenvalue weighted by Gasteiger charge is -2.14. The van der Waals surface area contributed by atoms with Gasteiger partial charge in [-0.05, 0) is 66.8 Å². The molecule has 0 bridgehead atoms. The number of furan rings is 1. The number of hydrogen-bond acceptors (Lipinski definition) is 4. The number of rotatable bonds is 8. The molecule has 0 fully saturated rings. The van der Waals surface area contributed by atoms with E-state index in [1.54, 1.807) is 19.1 Å². The first-order valence-corrected chi connectivity index (χ1v) is 9.92. The number of carbonyl (C=O) groups is 1. The van der Waals surface area contributed by atoms with Gasteiger partial charge in [-0.2, -0.15) is 8.78 Å². The summed E-state index contributed by atoms with van der Waals surface area (Å²) >= 11 is 0. The predicted molar refractivity (Wildman–Crippen MR) is 114 cm³/mol. The zero-order valence-electron chi connectivity index (χ0n) is 17.9. The molecule has 0 aliphatic heterocycles. The molecule has 0 unspecified atom stereocenters. The third-order valence-electron chi connectivity index (χ3n) is 4.65. The molecule has 31 heavy (non-hydrogen) atoms. The van der Waals surface area contributed by atoms with Crippen LogP contribution < -0.4 is 14.8 Å². The highest BCUT2D eigenvalue weighted by atomic mass is 19.3. The van der Waals surface area contributed by atoms with Gasteiger partial charge in [-0.3, -0.25) is 4.79 Å². The van der Waals surface area contributed by atoms with Crippen LogP contribution >= 0.6 is 0 Å². The molecule has 7 heteroatoms. The number of hydrogen-bond donors (Lipinski definition) is 1. The Kier molecular flexibility index (Phi) is 6.95. The first kappa shape index (κ1) is 22.3. The van der Waals surface area contributed by atoms with E-state index in [9.17, 15) is 13.6 Å². The van der Waals surface area contributed by atoms with Crippen LogP contribution in [0.1, 0.15) is 52.8 Å². The van der Waals surface area contributed by atoms with E-state index in [0.717, 1.165) is 22.4 Å². The molecule has 0 aliphatic carbocycles. The molecule has 0 saturated heterocycles. The zero-order chi connectivity index (χ0) is 22.5. The van der Waals surface area contributed by atoms with Gasteiger partial charge in [0.15, 0.2) is 5.76 Å². The number of aryl methyl sites for hydroxylation is 2. The number of anilines is 1. The van der Waals surface area contributed by atoms with Gasteiger partial charge in [-0.1, -0.05) is 32.0 Å². The fourth-order valence-corrected chi connectivity index (χ4v) is 3.08. The Morgan fingerprint density at radius 3 is 2.35 bits per heavy atom. The van der Waals surface area contributed by atoms with Gasteiger partial charge in [0.05, 0.1) is 5.69 Å². The molecule has 3 aromatic rings. The zero-order valence-corrected chi connectivity index (χ0v) is 17.9. The standard InChI is InChI=1S/C24H25F2NO4/c1-14(2)18-8-5-15(3)11-21(18)29-13-17-7-10-20(30-17)23(28)27-19-9-6-16(4)12-22(19)31-24(25)26/h5-12,14,24H,13H2,1-4H3,(H,27,28). The lowest BCUT2D eigenvalue weighted by Crippen LogP contribution is -2.13. The van der Waals surface area contributed by atoms with Gasteiger partial charge < -0.3 is 19.2 Å². The Balaban J connectivity index is 1.69. The van der Waals surface area contributed by atoms with Crippen molar-refractivity contribution in [1.29, 1.82) is 0 Å². The number of halogens is 2. The van der Waals surface area contributed by atoms with E-state index in [2.05, 4.69) is 23.9 Å². The first-order valence-electron chi connectivity index (χ1n) is 9.92. The van der Waals surface area contributed by atoms with Crippen LogP contribution in [0.25, 0.3) is 0 Å². The van der Waals surface area contributed by atoms with Gasteiger partial charge in [0.1, 0.15) is 23.9 Å². The number of ether oxygens (including phenoxy) is 2. The summed E-state index contributed by atoms with van der Waals surface area (Å²) in [6.45, 7) is 5.06. The monoisotopic (exact) mass is 429 g/mol. The summed E-state index contributed by atoms with van der Waals surface area (Å²) in [5.74, 6) is 0.884. The van der Waals surface area contributed by atoms with Crippen molar-refractivity contribution in [2.24, 2.45) is 0 Å². The summed E-state index contributed by atoms with van der Waals surface area (Å²) < 4.78 is 41.3. The van der Waals surface area contributed by atoms with E-state index in [0.29, 0.717) is 11.7 Å². The van der Waals surface area contributed by atoms with Crippen LogP contribution in [0.15, 0.2) is 52.9 Å². The number of amides is 1. The summed E-state index contributed by atoms with van der Waals surface area (Å²) in [4.78, 5) is 12.5. The van der Waals surface area contributed by atoms with Gasteiger partial charge in [0, 0.05) is 0 Å². The number of alkyl halides is 2. The topological polar surface area (TPSA) is 60.7 Å². The Morgan fingerprint density at radius 2 is 1.68 bits per heavy atom. The predicted octanol–water partition coefficient (Wildman–Crippen LogP) is 6.45. The second-order valence-electron chi connectivity index (χ2n) is 7.58. The fraction of sp³-hybridized carbons (Fsp3) is 0.292. The van der Waals surface area contributed by atoms with Crippen LogP contribution in [0.2, 0.25) is 0 Å². The summed E-state index contributed by atoms with van der Waals surface area (Å²) in [6.07, 6.45) is 0. The minimum absolute atomic E-state index is 0.0375. The molecule has 2 aromatic carbocycles. The third-order valence-corrected chi connectivity index (χ3v) is 4.65. The van der Waals surface area contributed by atoms with Crippen LogP contribution in [0, 0.1) is 13.8 Å². The average molecular weight is 429 g/mol. The van der Waals surface area contributed by atoms with Crippen LogP contribution in [0.4, 0.5) is 14.5 Å². The molecule has 0 aliphatic rings. The van der Waals surface area contributed by atoms with Crippen molar-refractivity contribution in [2.75, 3.05) is 5.32 Å². The Labute approximate surface area is 180 Å². The smallest absolute Gasteiger partial charge is 0.387 e. The van der Waals surface area contributed by atoms with Crippen LogP contribution in [-0.2, 0) is 6.61 Å². The van der Waals surface area contributed by atoms with Crippen molar-refractivity contribution in [3.63, 3.8) is 0 Å². The van der Waals surface area contributed by atoms with E-state index in [1.807, 2.05) is 25.1 Å². The highest BCUT2D eigenvalue weighted by Crippen LogP contribution is 2.29. The average Bonchev–Trinajstić information content (AvgIpc) is 3.17. The van der Waals surface area contributed by atoms with Crippen molar-refractivity contribution in [1.82, 2.24) is 0 Å². The number of carbonyl (C=O) groups excluding carboxylic acids is 1. The Morgan fingerprint density at radius 1 is 1.00 bits per heavy atom. The normalized spacial score (nSPS) is 11.1. The minimum atomic E-state index is -3.00. The van der Waals surface area contributed by atoms with Crippen molar-refractivity contribution < 1.29 is 27.5 Å². The number of benzene rings is 2. The van der Waals surface area contributed by atoms with Crippen LogP contribution in [-0.4, -0.2) is 12.5 Å².